The Morgan fingerprint density at radius 1 is 0.806 bits per heavy atom. The van der Waals surface area contributed by atoms with E-state index >= 15 is 0 Å². The quantitative estimate of drug-likeness (QED) is 0.156. The number of benzene rings is 3. The van der Waals surface area contributed by atoms with E-state index in [9.17, 15) is 31.6 Å². The molecule has 3 aromatic rings. The molecule has 0 amide bonds. The summed E-state index contributed by atoms with van der Waals surface area (Å²) in [7, 11) is -4.30. The molecule has 9 nitrogen and oxygen atoms in total. The lowest BCUT2D eigenvalue weighted by Gasteiger charge is -2.12. The number of ketones is 2. The van der Waals surface area contributed by atoms with Crippen LogP contribution in [0, 0.1) is 11.6 Å². The van der Waals surface area contributed by atoms with Crippen LogP contribution >= 0.6 is 0 Å². The van der Waals surface area contributed by atoms with Gasteiger partial charge in [0, 0.05) is 17.2 Å². The van der Waals surface area contributed by atoms with Crippen molar-refractivity contribution in [2.45, 2.75) is 4.90 Å². The van der Waals surface area contributed by atoms with Crippen molar-refractivity contribution >= 4 is 38.9 Å². The Hall–Kier alpha value is -4.42. The van der Waals surface area contributed by atoms with Gasteiger partial charge in [-0.05, 0) is 36.4 Å². The number of sulfonamides is 1. The summed E-state index contributed by atoms with van der Waals surface area (Å²) in [6.45, 7) is -0.883. The number of carbonyl (C=O) groups excluding carboxylic acids is 2. The highest BCUT2D eigenvalue weighted by Crippen LogP contribution is 2.33. The van der Waals surface area contributed by atoms with Gasteiger partial charge < -0.3 is 15.7 Å². The zero-order valence-corrected chi connectivity index (χ0v) is 19.0. The zero-order valence-electron chi connectivity index (χ0n) is 18.2. The summed E-state index contributed by atoms with van der Waals surface area (Å²) in [5.41, 5.74) is -0.130. The third kappa shape index (κ3) is 5.14. The molecule has 0 spiro atoms. The maximum absolute atomic E-state index is 13.8. The van der Waals surface area contributed by atoms with Gasteiger partial charge >= 0.3 is 5.97 Å². The molecule has 184 valence electrons. The van der Waals surface area contributed by atoms with E-state index in [0.717, 1.165) is 24.3 Å². The van der Waals surface area contributed by atoms with Crippen LogP contribution in [-0.2, 0) is 14.8 Å². The van der Waals surface area contributed by atoms with Gasteiger partial charge in [0.2, 0.25) is 21.6 Å². The second-order valence-electron chi connectivity index (χ2n) is 7.61. The van der Waals surface area contributed by atoms with E-state index in [4.69, 9.17) is 5.11 Å². The number of anilines is 2. The lowest BCUT2D eigenvalue weighted by Crippen LogP contribution is -2.29. The number of para-hydroxylation sites is 2. The van der Waals surface area contributed by atoms with E-state index in [1.165, 1.54) is 12.1 Å². The number of carbonyl (C=O) groups is 3. The molecule has 1 heterocycles. The minimum absolute atomic E-state index is 0.0619. The van der Waals surface area contributed by atoms with Crippen LogP contribution in [0.4, 0.5) is 20.2 Å². The number of hydrogen-bond donors (Lipinski definition) is 4. The van der Waals surface area contributed by atoms with Gasteiger partial charge in [0.1, 0.15) is 29.6 Å². The van der Waals surface area contributed by atoms with Gasteiger partial charge in [0.15, 0.2) is 0 Å². The second kappa shape index (κ2) is 9.68. The van der Waals surface area contributed by atoms with Crippen LogP contribution in [0.5, 0.6) is 0 Å². The summed E-state index contributed by atoms with van der Waals surface area (Å²) in [6, 6.07) is 13.5. The molecule has 0 fully saturated rings. The Bertz CT molecular complexity index is 1510. The van der Waals surface area contributed by atoms with E-state index in [-0.39, 0.29) is 11.4 Å². The summed E-state index contributed by atoms with van der Waals surface area (Å²) in [4.78, 5) is 37.3. The monoisotopic (exact) mass is 513 g/mol. The first-order valence-corrected chi connectivity index (χ1v) is 11.8. The third-order valence-corrected chi connectivity index (χ3v) is 6.49. The van der Waals surface area contributed by atoms with E-state index in [1.54, 1.807) is 24.3 Å². The molecule has 4 N–H and O–H groups in total. The molecule has 4 rings (SSSR count). The molecule has 36 heavy (non-hydrogen) atoms. The first kappa shape index (κ1) is 24.7. The second-order valence-corrected chi connectivity index (χ2v) is 9.38. The predicted molar refractivity (Wildman–Crippen MR) is 125 cm³/mol. The van der Waals surface area contributed by atoms with Gasteiger partial charge in [-0.1, -0.05) is 24.3 Å². The van der Waals surface area contributed by atoms with Gasteiger partial charge in [-0.2, -0.15) is 4.72 Å². The van der Waals surface area contributed by atoms with Crippen LogP contribution in [0.15, 0.2) is 83.0 Å². The molecule has 0 saturated carbocycles. The van der Waals surface area contributed by atoms with E-state index in [0.29, 0.717) is 17.4 Å². The van der Waals surface area contributed by atoms with Crippen molar-refractivity contribution in [1.82, 2.24) is 4.72 Å². The van der Waals surface area contributed by atoms with E-state index < -0.39 is 61.8 Å². The van der Waals surface area contributed by atoms with Crippen LogP contribution in [0.2, 0.25) is 0 Å². The number of allylic oxidation sites excluding steroid dienone is 1. The molecule has 12 heteroatoms. The number of aliphatic carboxylic acids is 1. The lowest BCUT2D eigenvalue weighted by molar-refractivity contribution is -0.135. The summed E-state index contributed by atoms with van der Waals surface area (Å²) >= 11 is 0. The molecule has 0 radical (unpaired) electrons. The van der Waals surface area contributed by atoms with Crippen molar-refractivity contribution in [3.05, 3.63) is 101 Å². The molecule has 0 unspecified atom stereocenters. The third-order valence-electron chi connectivity index (χ3n) is 5.10. The fourth-order valence-electron chi connectivity index (χ4n) is 3.48. The molecule has 0 aliphatic carbocycles. The topological polar surface area (TPSA) is 142 Å². The maximum atomic E-state index is 13.8. The van der Waals surface area contributed by atoms with Gasteiger partial charge in [-0.25, -0.2) is 17.2 Å². The van der Waals surface area contributed by atoms with Gasteiger partial charge in [-0.3, -0.25) is 14.4 Å². The molecular weight excluding hydrogens is 496 g/mol. The highest BCUT2D eigenvalue weighted by molar-refractivity contribution is 7.89. The average molecular weight is 513 g/mol. The number of rotatable bonds is 8. The van der Waals surface area contributed by atoms with Crippen molar-refractivity contribution in [3.63, 3.8) is 0 Å². The largest absolute Gasteiger partial charge is 0.480 e. The number of hydrogen-bond acceptors (Lipinski definition) is 7. The Morgan fingerprint density at radius 2 is 1.39 bits per heavy atom. The van der Waals surface area contributed by atoms with E-state index in [1.807, 2.05) is 4.72 Å². The first-order valence-electron chi connectivity index (χ1n) is 10.3. The Balaban J connectivity index is 1.80. The highest BCUT2D eigenvalue weighted by atomic mass is 32.2. The summed E-state index contributed by atoms with van der Waals surface area (Å²) < 4.78 is 54.4. The molecule has 3 aromatic carbocycles. The molecule has 0 aromatic heterocycles. The summed E-state index contributed by atoms with van der Waals surface area (Å²) in [6.07, 6.45) is 0. The summed E-state index contributed by atoms with van der Waals surface area (Å²) in [5.74, 6) is -5.48. The molecule has 1 aliphatic heterocycles. The van der Waals surface area contributed by atoms with Gasteiger partial charge in [0.05, 0.1) is 16.3 Å². The van der Waals surface area contributed by atoms with Crippen LogP contribution < -0.4 is 15.4 Å². The Kier molecular flexibility index (Phi) is 6.64. The Morgan fingerprint density at radius 3 is 1.97 bits per heavy atom. The Labute approximate surface area is 203 Å². The standard InChI is InChI=1S/C24H17F2N3O6S/c25-15-8-14(9-16(26)11-15)23(33)21(24-28-18-6-1-2-7-19(18)29-24)22(32)13-4-3-5-17(10-13)36(34,35)27-12-20(30)31/h1-11,27-29H,12H2,(H,30,31). The van der Waals surface area contributed by atoms with Crippen LogP contribution in [0.3, 0.4) is 0 Å². The minimum atomic E-state index is -4.30. The first-order chi connectivity index (χ1) is 17.0. The molecule has 0 bridgehead atoms. The summed E-state index contributed by atoms with van der Waals surface area (Å²) in [5, 5.41) is 14.5. The van der Waals surface area contributed by atoms with Crippen LogP contribution in [0.25, 0.3) is 0 Å². The number of carboxylic acid groups (broad SMARTS) is 1. The van der Waals surface area contributed by atoms with Crippen molar-refractivity contribution in [1.29, 1.82) is 0 Å². The predicted octanol–water partition coefficient (Wildman–Crippen LogP) is 3.14. The molecule has 0 saturated heterocycles. The van der Waals surface area contributed by atoms with E-state index in [2.05, 4.69) is 10.6 Å². The maximum Gasteiger partial charge on any atom is 0.318 e. The van der Waals surface area contributed by atoms with Gasteiger partial charge in [-0.15, -0.1) is 0 Å². The molecule has 1 aliphatic rings. The smallest absolute Gasteiger partial charge is 0.318 e. The zero-order chi connectivity index (χ0) is 26.0. The number of Topliss-reactive ketones (excluding diaryl/α,β-unsaturated/α-hetero) is 2. The normalized spacial score (nSPS) is 12.3. The number of carboxylic acids is 1. The minimum Gasteiger partial charge on any atom is -0.480 e. The fourth-order valence-corrected chi connectivity index (χ4v) is 4.50. The molecular formula is C24H17F2N3O6S. The van der Waals surface area contributed by atoms with Crippen molar-refractivity contribution in [2.24, 2.45) is 0 Å². The fraction of sp³-hybridized carbons (Fsp3) is 0.0417. The molecule has 0 atom stereocenters. The van der Waals surface area contributed by atoms with Crippen LogP contribution in [0.1, 0.15) is 20.7 Å². The lowest BCUT2D eigenvalue weighted by atomic mass is 9.95. The number of fused-ring (bicyclic) bond motifs is 1. The number of nitrogens with one attached hydrogen (secondary N) is 3. The van der Waals surface area contributed by atoms with Crippen molar-refractivity contribution in [2.75, 3.05) is 17.2 Å². The van der Waals surface area contributed by atoms with Gasteiger partial charge in [0.25, 0.3) is 0 Å². The van der Waals surface area contributed by atoms with Crippen molar-refractivity contribution < 1.29 is 36.7 Å². The SMILES string of the molecule is O=C(O)CNS(=O)(=O)c1cccc(C(=O)C(C(=O)c2cc(F)cc(F)c2)=C2Nc3ccccc3N2)c1. The number of halogens is 2. The van der Waals surface area contributed by atoms with Crippen molar-refractivity contribution in [3.8, 4) is 0 Å². The average Bonchev–Trinajstić information content (AvgIpc) is 3.26. The highest BCUT2D eigenvalue weighted by Gasteiger charge is 2.30. The van der Waals surface area contributed by atoms with Crippen LogP contribution in [-0.4, -0.2) is 37.6 Å².